The molecule has 43 heavy (non-hydrogen) atoms. The summed E-state index contributed by atoms with van der Waals surface area (Å²) in [4.78, 5) is 32.4. The maximum atomic E-state index is 16.6. The molecule has 9 nitrogen and oxygen atoms in total. The van der Waals surface area contributed by atoms with Crippen LogP contribution in [0, 0.1) is 18.2 Å². The van der Waals surface area contributed by atoms with E-state index < -0.39 is 5.82 Å². The number of carbonyl (C=O) groups excluding carboxylic acids is 1. The minimum absolute atomic E-state index is 0.0207. The van der Waals surface area contributed by atoms with Crippen LogP contribution < -0.4 is 9.64 Å². The number of rotatable bonds is 6. The van der Waals surface area contributed by atoms with Crippen molar-refractivity contribution >= 4 is 33.4 Å². The molecule has 3 fully saturated rings. The van der Waals surface area contributed by atoms with Gasteiger partial charge in [0, 0.05) is 41.8 Å². The van der Waals surface area contributed by atoms with E-state index in [0.717, 1.165) is 25.8 Å². The number of phenols is 1. The standard InChI is InChI=1S/C33H31FN6O3/c1-4-19-8-6-9-20-14-22(41)15-23(28(19)20)30-29(34)31-24(16-35-30)32(37-33(36-31)43-18-21-10-7-12-38(21)3)40-17-26-25(40)11-13-39(26)27(42)5-2/h1,5-6,8-9,14-16,21,25-26,41H,2,7,10-13,17-18H2,3H3/t21-,25+,26+/m0/s1. The maximum absolute atomic E-state index is 16.6. The van der Waals surface area contributed by atoms with E-state index in [-0.39, 0.29) is 47.0 Å². The van der Waals surface area contributed by atoms with E-state index >= 15 is 4.39 Å². The lowest BCUT2D eigenvalue weighted by molar-refractivity contribution is -0.127. The second kappa shape index (κ2) is 10.5. The minimum Gasteiger partial charge on any atom is -0.508 e. The summed E-state index contributed by atoms with van der Waals surface area (Å²) in [5.41, 5.74) is 1.03. The molecule has 1 N–H and O–H groups in total. The molecular formula is C33H31FN6O3. The van der Waals surface area contributed by atoms with E-state index in [2.05, 4.69) is 39.3 Å². The molecule has 2 aromatic heterocycles. The Morgan fingerprint density at radius 1 is 1.26 bits per heavy atom. The predicted molar refractivity (Wildman–Crippen MR) is 162 cm³/mol. The number of halogens is 1. The molecule has 0 saturated carbocycles. The Kier molecular flexibility index (Phi) is 6.62. The molecule has 3 aliphatic rings. The third-order valence-corrected chi connectivity index (χ3v) is 9.12. The number of nitrogens with zero attached hydrogens (tertiary/aromatic N) is 6. The lowest BCUT2D eigenvalue weighted by Crippen LogP contribution is -2.63. The Labute approximate surface area is 248 Å². The highest BCUT2D eigenvalue weighted by atomic mass is 19.1. The number of terminal acetylenes is 1. The number of likely N-dealkylation sites (N-methyl/N-ethyl adjacent to an activating group) is 1. The van der Waals surface area contributed by atoms with Gasteiger partial charge in [-0.25, -0.2) is 4.39 Å². The van der Waals surface area contributed by atoms with Gasteiger partial charge in [-0.1, -0.05) is 24.6 Å². The van der Waals surface area contributed by atoms with Crippen LogP contribution in [0.25, 0.3) is 32.9 Å². The molecular weight excluding hydrogens is 547 g/mol. The second-order valence-corrected chi connectivity index (χ2v) is 11.5. The van der Waals surface area contributed by atoms with Gasteiger partial charge in [0.15, 0.2) is 5.82 Å². The first kappa shape index (κ1) is 27.1. The first-order valence-electron chi connectivity index (χ1n) is 14.5. The minimum atomic E-state index is -0.658. The molecule has 3 aliphatic heterocycles. The number of hydrogen-bond acceptors (Lipinski definition) is 8. The molecule has 0 bridgehead atoms. The highest BCUT2D eigenvalue weighted by Gasteiger charge is 2.49. The number of fused-ring (bicyclic) bond motifs is 3. The van der Waals surface area contributed by atoms with Gasteiger partial charge in [0.1, 0.15) is 29.4 Å². The number of benzene rings is 2. The van der Waals surface area contributed by atoms with Crippen LogP contribution in [0.5, 0.6) is 11.8 Å². The third kappa shape index (κ3) is 4.43. The molecule has 5 heterocycles. The van der Waals surface area contributed by atoms with Crippen LogP contribution in [0.1, 0.15) is 24.8 Å². The molecule has 10 heteroatoms. The molecule has 1 amide bonds. The SMILES string of the molecule is C#Cc1cccc2cc(O)cc(-c3ncc4c(N5C[C@@H]6[C@H]5CCN6C(=O)C=C)nc(OC[C@@H]5CCCN5C)nc4c3F)c12. The Hall–Kier alpha value is -4.75. The molecule has 0 spiro atoms. The van der Waals surface area contributed by atoms with Crippen molar-refractivity contribution in [1.82, 2.24) is 24.8 Å². The van der Waals surface area contributed by atoms with Crippen molar-refractivity contribution in [3.63, 3.8) is 0 Å². The molecule has 2 aromatic carbocycles. The number of likely N-dealkylation sites (tertiary alicyclic amines) is 2. The number of pyridine rings is 1. The fraction of sp³-hybridized carbons (Fsp3) is 0.333. The summed E-state index contributed by atoms with van der Waals surface area (Å²) in [6.07, 6.45) is 11.6. The maximum Gasteiger partial charge on any atom is 0.319 e. The lowest BCUT2D eigenvalue weighted by atomic mass is 9.95. The zero-order valence-electron chi connectivity index (χ0n) is 23.8. The molecule has 0 unspecified atom stereocenters. The first-order chi connectivity index (χ1) is 20.9. The van der Waals surface area contributed by atoms with Gasteiger partial charge in [0.2, 0.25) is 5.91 Å². The molecule has 0 radical (unpaired) electrons. The van der Waals surface area contributed by atoms with E-state index in [1.165, 1.54) is 12.1 Å². The van der Waals surface area contributed by atoms with Gasteiger partial charge in [0.05, 0.1) is 17.5 Å². The van der Waals surface area contributed by atoms with Crippen LogP contribution in [0.3, 0.4) is 0 Å². The van der Waals surface area contributed by atoms with Crippen LogP contribution in [-0.2, 0) is 4.79 Å². The summed E-state index contributed by atoms with van der Waals surface area (Å²) in [5.74, 6) is 2.41. The van der Waals surface area contributed by atoms with Gasteiger partial charge in [-0.15, -0.1) is 6.42 Å². The van der Waals surface area contributed by atoms with Crippen LogP contribution in [0.4, 0.5) is 10.2 Å². The van der Waals surface area contributed by atoms with Gasteiger partial charge in [-0.3, -0.25) is 9.78 Å². The monoisotopic (exact) mass is 578 g/mol. The third-order valence-electron chi connectivity index (χ3n) is 9.12. The van der Waals surface area contributed by atoms with E-state index in [9.17, 15) is 9.90 Å². The van der Waals surface area contributed by atoms with Gasteiger partial charge in [0.25, 0.3) is 0 Å². The number of aromatic nitrogens is 3. The first-order valence-corrected chi connectivity index (χ1v) is 14.5. The number of phenolic OH excluding ortho intramolecular Hbond substituents is 1. The summed E-state index contributed by atoms with van der Waals surface area (Å²) in [5, 5.41) is 12.2. The quantitative estimate of drug-likeness (QED) is 0.270. The summed E-state index contributed by atoms with van der Waals surface area (Å²) < 4.78 is 22.8. The Bertz CT molecular complexity index is 1840. The van der Waals surface area contributed by atoms with Gasteiger partial charge in [-0.2, -0.15) is 9.97 Å². The average Bonchev–Trinajstić information content (AvgIpc) is 3.56. The molecule has 7 rings (SSSR count). The zero-order chi connectivity index (χ0) is 29.8. The number of carbonyl (C=O) groups is 1. The van der Waals surface area contributed by atoms with E-state index in [0.29, 0.717) is 52.8 Å². The number of amides is 1. The normalized spacial score (nSPS) is 21.6. The van der Waals surface area contributed by atoms with Crippen LogP contribution in [0.15, 0.2) is 49.2 Å². The van der Waals surface area contributed by atoms with Crippen LogP contribution >= 0.6 is 0 Å². The van der Waals surface area contributed by atoms with Crippen LogP contribution in [0.2, 0.25) is 0 Å². The average molecular weight is 579 g/mol. The second-order valence-electron chi connectivity index (χ2n) is 11.5. The number of aromatic hydroxyl groups is 1. The fourth-order valence-corrected chi connectivity index (χ4v) is 6.83. The smallest absolute Gasteiger partial charge is 0.319 e. The Morgan fingerprint density at radius 3 is 2.88 bits per heavy atom. The highest BCUT2D eigenvalue weighted by molar-refractivity contribution is 6.03. The predicted octanol–water partition coefficient (Wildman–Crippen LogP) is 4.12. The highest BCUT2D eigenvalue weighted by Crippen LogP contribution is 2.42. The molecule has 3 atom stereocenters. The summed E-state index contributed by atoms with van der Waals surface area (Å²) in [6, 6.07) is 8.82. The van der Waals surface area contributed by atoms with Crippen molar-refractivity contribution < 1.29 is 19.0 Å². The summed E-state index contributed by atoms with van der Waals surface area (Å²) in [7, 11) is 2.06. The lowest BCUT2D eigenvalue weighted by Gasteiger charge is -2.47. The van der Waals surface area contributed by atoms with Gasteiger partial charge >= 0.3 is 6.01 Å². The molecule has 4 aromatic rings. The number of ether oxygens (including phenoxy) is 1. The van der Waals surface area contributed by atoms with Crippen molar-refractivity contribution in [2.75, 3.05) is 38.2 Å². The summed E-state index contributed by atoms with van der Waals surface area (Å²) in [6.45, 7) is 6.19. The molecule has 218 valence electrons. The van der Waals surface area contributed by atoms with Crippen molar-refractivity contribution in [2.24, 2.45) is 0 Å². The topological polar surface area (TPSA) is 94.9 Å². The van der Waals surface area contributed by atoms with Gasteiger partial charge < -0.3 is 24.5 Å². The van der Waals surface area contributed by atoms with E-state index in [1.807, 2.05) is 11.0 Å². The van der Waals surface area contributed by atoms with E-state index in [1.54, 1.807) is 24.4 Å². The fourth-order valence-electron chi connectivity index (χ4n) is 6.83. The molecule has 3 saturated heterocycles. The Balaban J connectivity index is 1.35. The largest absolute Gasteiger partial charge is 0.508 e. The van der Waals surface area contributed by atoms with Crippen molar-refractivity contribution in [2.45, 2.75) is 37.4 Å². The van der Waals surface area contributed by atoms with Crippen molar-refractivity contribution in [3.05, 3.63) is 60.6 Å². The Morgan fingerprint density at radius 2 is 2.12 bits per heavy atom. The number of anilines is 1. The van der Waals surface area contributed by atoms with Crippen molar-refractivity contribution in [3.8, 4) is 35.4 Å². The zero-order valence-corrected chi connectivity index (χ0v) is 23.8. The van der Waals surface area contributed by atoms with E-state index in [4.69, 9.17) is 16.1 Å². The van der Waals surface area contributed by atoms with Crippen molar-refractivity contribution in [1.29, 1.82) is 0 Å². The number of hydrogen-bond donors (Lipinski definition) is 1. The van der Waals surface area contributed by atoms with Gasteiger partial charge in [-0.05, 0) is 62.5 Å². The summed E-state index contributed by atoms with van der Waals surface area (Å²) >= 11 is 0. The van der Waals surface area contributed by atoms with Crippen LogP contribution in [-0.4, -0.2) is 87.2 Å². The molecule has 0 aliphatic carbocycles.